The number of aromatic nitrogens is 1. The van der Waals surface area contributed by atoms with Crippen LogP contribution in [0, 0.1) is 11.3 Å². The fourth-order valence-corrected chi connectivity index (χ4v) is 3.35. The van der Waals surface area contributed by atoms with Gasteiger partial charge in [-0.05, 0) is 19.1 Å². The molecule has 7 heteroatoms. The van der Waals surface area contributed by atoms with E-state index in [2.05, 4.69) is 10.3 Å². The molecule has 18 heavy (non-hydrogen) atoms. The molecule has 1 N–H and O–H groups in total. The Morgan fingerprint density at radius 2 is 2.39 bits per heavy atom. The van der Waals surface area contributed by atoms with Gasteiger partial charge in [-0.15, -0.1) is 0 Å². The van der Waals surface area contributed by atoms with Gasteiger partial charge in [0.1, 0.15) is 0 Å². The smallest absolute Gasteiger partial charge is 0.260 e. The van der Waals surface area contributed by atoms with Crippen LogP contribution in [0.3, 0.4) is 0 Å². The lowest BCUT2D eigenvalue weighted by molar-refractivity contribution is 0.309. The summed E-state index contributed by atoms with van der Waals surface area (Å²) in [6.07, 6.45) is 1.34. The summed E-state index contributed by atoms with van der Waals surface area (Å²) < 4.78 is 26.1. The van der Waals surface area contributed by atoms with E-state index in [4.69, 9.17) is 5.26 Å². The Labute approximate surface area is 106 Å². The maximum atomic E-state index is 12.3. The monoisotopic (exact) mass is 266 g/mol. The molecule has 1 unspecified atom stereocenters. The van der Waals surface area contributed by atoms with Crippen molar-refractivity contribution in [3.8, 4) is 6.07 Å². The number of rotatable bonds is 2. The van der Waals surface area contributed by atoms with Crippen molar-refractivity contribution in [1.29, 1.82) is 5.26 Å². The minimum atomic E-state index is -3.60. The van der Waals surface area contributed by atoms with Crippen LogP contribution in [0.15, 0.2) is 23.4 Å². The highest BCUT2D eigenvalue weighted by molar-refractivity contribution is 7.89. The molecule has 0 saturated carbocycles. The van der Waals surface area contributed by atoms with E-state index in [1.165, 1.54) is 22.6 Å². The van der Waals surface area contributed by atoms with Crippen LogP contribution in [-0.2, 0) is 10.0 Å². The molecule has 1 saturated heterocycles. The summed E-state index contributed by atoms with van der Waals surface area (Å²) >= 11 is 0. The van der Waals surface area contributed by atoms with Gasteiger partial charge in [-0.3, -0.25) is 0 Å². The fourth-order valence-electron chi connectivity index (χ4n) is 1.87. The molecule has 1 aromatic heterocycles. The normalized spacial score (nSPS) is 21.4. The summed E-state index contributed by atoms with van der Waals surface area (Å²) in [6.45, 7) is 3.39. The molecule has 1 atom stereocenters. The van der Waals surface area contributed by atoms with Gasteiger partial charge < -0.3 is 5.32 Å². The molecule has 0 bridgehead atoms. The number of nitriles is 1. The van der Waals surface area contributed by atoms with Gasteiger partial charge in [0.05, 0.1) is 11.6 Å². The number of hydrogen-bond donors (Lipinski definition) is 1. The minimum absolute atomic E-state index is 0.0596. The number of piperazine rings is 1. The Morgan fingerprint density at radius 3 is 3.06 bits per heavy atom. The van der Waals surface area contributed by atoms with Gasteiger partial charge in [-0.2, -0.15) is 9.57 Å². The van der Waals surface area contributed by atoms with Crippen molar-refractivity contribution in [3.63, 3.8) is 0 Å². The summed E-state index contributed by atoms with van der Waals surface area (Å²) in [4.78, 5) is 3.86. The van der Waals surface area contributed by atoms with Crippen molar-refractivity contribution in [1.82, 2.24) is 14.6 Å². The van der Waals surface area contributed by atoms with E-state index < -0.39 is 10.0 Å². The molecule has 0 aromatic carbocycles. The highest BCUT2D eigenvalue weighted by Crippen LogP contribution is 2.15. The van der Waals surface area contributed by atoms with Gasteiger partial charge in [0, 0.05) is 31.9 Å². The zero-order chi connectivity index (χ0) is 13.2. The molecule has 0 spiro atoms. The topological polar surface area (TPSA) is 86.1 Å². The van der Waals surface area contributed by atoms with Gasteiger partial charge in [-0.25, -0.2) is 13.4 Å². The maximum absolute atomic E-state index is 12.3. The van der Waals surface area contributed by atoms with Crippen molar-refractivity contribution in [3.05, 3.63) is 23.9 Å². The van der Waals surface area contributed by atoms with Crippen molar-refractivity contribution >= 4 is 10.0 Å². The lowest BCUT2D eigenvalue weighted by Gasteiger charge is -2.30. The van der Waals surface area contributed by atoms with Crippen LogP contribution >= 0.6 is 0 Å². The lowest BCUT2D eigenvalue weighted by atomic mass is 10.3. The zero-order valence-electron chi connectivity index (χ0n) is 10.00. The summed E-state index contributed by atoms with van der Waals surface area (Å²) in [6, 6.07) is 4.83. The highest BCUT2D eigenvalue weighted by Gasteiger charge is 2.29. The first-order valence-electron chi connectivity index (χ1n) is 5.64. The Hall–Kier alpha value is -1.49. The Morgan fingerprint density at radius 1 is 1.61 bits per heavy atom. The maximum Gasteiger partial charge on any atom is 0.260 e. The third-order valence-corrected chi connectivity index (χ3v) is 4.56. The zero-order valence-corrected chi connectivity index (χ0v) is 10.8. The van der Waals surface area contributed by atoms with E-state index in [1.807, 2.05) is 13.0 Å². The third kappa shape index (κ3) is 2.51. The van der Waals surface area contributed by atoms with Crippen LogP contribution in [0.2, 0.25) is 0 Å². The first-order valence-corrected chi connectivity index (χ1v) is 7.08. The van der Waals surface area contributed by atoms with E-state index in [0.717, 1.165) is 0 Å². The molecule has 2 rings (SSSR count). The molecule has 0 amide bonds. The second-order valence-electron chi connectivity index (χ2n) is 4.21. The van der Waals surface area contributed by atoms with E-state index in [0.29, 0.717) is 25.2 Å². The summed E-state index contributed by atoms with van der Waals surface area (Å²) in [5.74, 6) is 0. The second kappa shape index (κ2) is 5.02. The van der Waals surface area contributed by atoms with Crippen LogP contribution in [-0.4, -0.2) is 43.4 Å². The van der Waals surface area contributed by atoms with Crippen molar-refractivity contribution in [2.75, 3.05) is 19.6 Å². The van der Waals surface area contributed by atoms with Crippen LogP contribution in [0.4, 0.5) is 0 Å². The van der Waals surface area contributed by atoms with Crippen LogP contribution < -0.4 is 5.32 Å². The number of nitrogens with zero attached hydrogens (tertiary/aromatic N) is 3. The average Bonchev–Trinajstić information content (AvgIpc) is 2.39. The molecule has 0 aliphatic carbocycles. The van der Waals surface area contributed by atoms with Crippen LogP contribution in [0.5, 0.6) is 0 Å². The summed E-state index contributed by atoms with van der Waals surface area (Å²) in [7, 11) is -3.60. The molecule has 6 nitrogen and oxygen atoms in total. The van der Waals surface area contributed by atoms with Gasteiger partial charge >= 0.3 is 0 Å². The molecular weight excluding hydrogens is 252 g/mol. The van der Waals surface area contributed by atoms with E-state index in [1.54, 1.807) is 0 Å². The van der Waals surface area contributed by atoms with Gasteiger partial charge in [0.2, 0.25) is 0 Å². The second-order valence-corrected chi connectivity index (χ2v) is 6.10. The van der Waals surface area contributed by atoms with Gasteiger partial charge in [0.25, 0.3) is 10.0 Å². The molecule has 1 aliphatic rings. The predicted octanol–water partition coefficient (Wildman–Crippen LogP) is -0.0643. The molecule has 96 valence electrons. The third-order valence-electron chi connectivity index (χ3n) is 2.80. The number of hydrogen-bond acceptors (Lipinski definition) is 5. The van der Waals surface area contributed by atoms with E-state index in [-0.39, 0.29) is 11.1 Å². The largest absolute Gasteiger partial charge is 0.312 e. The van der Waals surface area contributed by atoms with Crippen molar-refractivity contribution in [2.24, 2.45) is 0 Å². The van der Waals surface area contributed by atoms with Gasteiger partial charge in [-0.1, -0.05) is 0 Å². The molecule has 0 radical (unpaired) electrons. The van der Waals surface area contributed by atoms with Crippen LogP contribution in [0.1, 0.15) is 12.5 Å². The molecule has 1 fully saturated rings. The highest BCUT2D eigenvalue weighted by atomic mass is 32.2. The molecule has 2 heterocycles. The molecular formula is C11H14N4O2S. The van der Waals surface area contributed by atoms with Gasteiger partial charge in [0.15, 0.2) is 5.03 Å². The van der Waals surface area contributed by atoms with Crippen molar-refractivity contribution in [2.45, 2.75) is 18.0 Å². The van der Waals surface area contributed by atoms with E-state index in [9.17, 15) is 8.42 Å². The standard InChI is InChI=1S/C11H14N4O2S/c1-9-8-15(5-4-13-9)18(16,17)11-6-10(7-12)2-3-14-11/h2-3,6,9,13H,4-5,8H2,1H3. The SMILES string of the molecule is CC1CN(S(=O)(=O)c2cc(C#N)ccn2)CCN1. The average molecular weight is 266 g/mol. The number of pyridine rings is 1. The number of sulfonamides is 1. The predicted molar refractivity (Wildman–Crippen MR) is 65.2 cm³/mol. The number of nitrogens with one attached hydrogen (secondary N) is 1. The Kier molecular flexibility index (Phi) is 3.61. The fraction of sp³-hybridized carbons (Fsp3) is 0.455. The first kappa shape index (κ1) is 13.0. The molecule has 1 aliphatic heterocycles. The Bertz CT molecular complexity index is 579. The Balaban J connectivity index is 2.33. The first-order chi connectivity index (χ1) is 8.54. The quantitative estimate of drug-likeness (QED) is 0.810. The van der Waals surface area contributed by atoms with Crippen LogP contribution in [0.25, 0.3) is 0 Å². The summed E-state index contributed by atoms with van der Waals surface area (Å²) in [5.41, 5.74) is 0.298. The summed E-state index contributed by atoms with van der Waals surface area (Å²) in [5, 5.41) is 11.9. The van der Waals surface area contributed by atoms with Crippen molar-refractivity contribution < 1.29 is 8.42 Å². The lowest BCUT2D eigenvalue weighted by Crippen LogP contribution is -2.51. The van der Waals surface area contributed by atoms with E-state index >= 15 is 0 Å². The minimum Gasteiger partial charge on any atom is -0.312 e. The molecule has 1 aromatic rings.